The van der Waals surface area contributed by atoms with E-state index in [0.717, 1.165) is 31.2 Å². The fourth-order valence-electron chi connectivity index (χ4n) is 2.27. The average molecular weight is 178 g/mol. The summed E-state index contributed by atoms with van der Waals surface area (Å²) in [6.45, 7) is 2.33. The largest absolute Gasteiger partial charge is 0.393 e. The maximum absolute atomic E-state index is 9.33. The van der Waals surface area contributed by atoms with Gasteiger partial charge in [0.15, 0.2) is 0 Å². The molecule has 2 fully saturated rings. The van der Waals surface area contributed by atoms with Gasteiger partial charge in [0.1, 0.15) is 0 Å². The summed E-state index contributed by atoms with van der Waals surface area (Å²) in [4.78, 5) is 0. The summed E-state index contributed by atoms with van der Waals surface area (Å²) in [5.41, 5.74) is 0. The topological polar surface area (TPSA) is 32.3 Å². The maximum Gasteiger partial charge on any atom is 0.0543 e. The molecule has 0 aromatic heterocycles. The van der Waals surface area contributed by atoms with Crippen molar-refractivity contribution >= 4 is 12.4 Å². The molecular weight excluding hydrogens is 162 g/mol. The third kappa shape index (κ3) is 1.86. The van der Waals surface area contributed by atoms with Crippen molar-refractivity contribution in [3.05, 3.63) is 0 Å². The molecule has 1 heterocycles. The zero-order valence-electron chi connectivity index (χ0n) is 6.62. The molecule has 1 saturated heterocycles. The normalized spacial score (nSPS) is 42.8. The number of halogens is 1. The fourth-order valence-corrected chi connectivity index (χ4v) is 2.27. The van der Waals surface area contributed by atoms with E-state index in [1.807, 2.05) is 0 Å². The summed E-state index contributed by atoms with van der Waals surface area (Å²) < 4.78 is 0. The second kappa shape index (κ2) is 3.74. The molecule has 2 N–H and O–H groups in total. The van der Waals surface area contributed by atoms with Gasteiger partial charge >= 0.3 is 0 Å². The highest BCUT2D eigenvalue weighted by Gasteiger charge is 2.32. The fraction of sp³-hybridized carbons (Fsp3) is 1.00. The van der Waals surface area contributed by atoms with Crippen molar-refractivity contribution in [3.63, 3.8) is 0 Å². The SMILES string of the molecule is Cl.OC1CC[C@H]2CNC[C@H]2C1. The quantitative estimate of drug-likeness (QED) is 0.574. The Kier molecular flexibility index (Phi) is 3.16. The van der Waals surface area contributed by atoms with Crippen LogP contribution in [0.5, 0.6) is 0 Å². The van der Waals surface area contributed by atoms with Crippen LogP contribution in [0, 0.1) is 11.8 Å². The van der Waals surface area contributed by atoms with E-state index in [9.17, 15) is 5.11 Å². The zero-order chi connectivity index (χ0) is 6.97. The third-order valence-electron chi connectivity index (χ3n) is 2.93. The zero-order valence-corrected chi connectivity index (χ0v) is 7.44. The van der Waals surface area contributed by atoms with E-state index in [0.29, 0.717) is 0 Å². The Bertz CT molecular complexity index is 131. The Hall–Kier alpha value is 0.210. The Labute approximate surface area is 73.8 Å². The van der Waals surface area contributed by atoms with Crippen LogP contribution in [0.25, 0.3) is 0 Å². The lowest BCUT2D eigenvalue weighted by Crippen LogP contribution is -2.26. The highest BCUT2D eigenvalue weighted by molar-refractivity contribution is 5.85. The molecule has 2 nitrogen and oxygen atoms in total. The molecule has 0 aromatic carbocycles. The first-order valence-electron chi connectivity index (χ1n) is 4.25. The summed E-state index contributed by atoms with van der Waals surface area (Å²) in [5.74, 6) is 1.66. The van der Waals surface area contributed by atoms with Gasteiger partial charge < -0.3 is 10.4 Å². The predicted molar refractivity (Wildman–Crippen MR) is 47.0 cm³/mol. The van der Waals surface area contributed by atoms with Gasteiger partial charge in [-0.3, -0.25) is 0 Å². The van der Waals surface area contributed by atoms with Crippen molar-refractivity contribution in [1.82, 2.24) is 5.32 Å². The van der Waals surface area contributed by atoms with Gasteiger partial charge in [-0.15, -0.1) is 12.4 Å². The monoisotopic (exact) mass is 177 g/mol. The minimum Gasteiger partial charge on any atom is -0.393 e. The molecule has 1 aliphatic carbocycles. The number of hydrogen-bond donors (Lipinski definition) is 2. The van der Waals surface area contributed by atoms with Gasteiger partial charge in [-0.1, -0.05) is 0 Å². The summed E-state index contributed by atoms with van der Waals surface area (Å²) in [5, 5.41) is 12.7. The average Bonchev–Trinajstić information content (AvgIpc) is 2.33. The highest BCUT2D eigenvalue weighted by Crippen LogP contribution is 2.32. The van der Waals surface area contributed by atoms with E-state index in [-0.39, 0.29) is 18.5 Å². The number of fused-ring (bicyclic) bond motifs is 1. The molecule has 0 radical (unpaired) electrons. The maximum atomic E-state index is 9.33. The lowest BCUT2D eigenvalue weighted by molar-refractivity contribution is 0.0867. The number of nitrogens with one attached hydrogen (secondary N) is 1. The van der Waals surface area contributed by atoms with Crippen molar-refractivity contribution in [2.75, 3.05) is 13.1 Å². The molecule has 11 heavy (non-hydrogen) atoms. The second-order valence-corrected chi connectivity index (χ2v) is 3.65. The minimum atomic E-state index is 0. The number of hydrogen-bond acceptors (Lipinski definition) is 2. The van der Waals surface area contributed by atoms with Crippen molar-refractivity contribution < 1.29 is 5.11 Å². The highest BCUT2D eigenvalue weighted by atomic mass is 35.5. The van der Waals surface area contributed by atoms with Crippen LogP contribution in [0.2, 0.25) is 0 Å². The van der Waals surface area contributed by atoms with Crippen LogP contribution in [-0.2, 0) is 0 Å². The number of aliphatic hydroxyl groups is 1. The van der Waals surface area contributed by atoms with Gasteiger partial charge in [0, 0.05) is 0 Å². The first-order chi connectivity index (χ1) is 4.86. The van der Waals surface area contributed by atoms with Gasteiger partial charge in [-0.05, 0) is 44.2 Å². The van der Waals surface area contributed by atoms with Gasteiger partial charge in [-0.25, -0.2) is 0 Å². The molecule has 1 saturated carbocycles. The molecule has 2 aliphatic rings. The third-order valence-corrected chi connectivity index (χ3v) is 2.93. The Balaban J connectivity index is 0.000000605. The number of rotatable bonds is 0. The van der Waals surface area contributed by atoms with E-state index in [1.54, 1.807) is 0 Å². The van der Waals surface area contributed by atoms with Crippen LogP contribution < -0.4 is 5.32 Å². The Morgan fingerprint density at radius 1 is 1.09 bits per heavy atom. The lowest BCUT2D eigenvalue weighted by Gasteiger charge is -2.27. The van der Waals surface area contributed by atoms with Crippen LogP contribution in [0.4, 0.5) is 0 Å². The van der Waals surface area contributed by atoms with E-state index >= 15 is 0 Å². The predicted octanol–water partition coefficient (Wildman–Crippen LogP) is 0.789. The molecule has 3 heteroatoms. The molecule has 0 amide bonds. The van der Waals surface area contributed by atoms with Gasteiger partial charge in [0.2, 0.25) is 0 Å². The van der Waals surface area contributed by atoms with Crippen LogP contribution in [-0.4, -0.2) is 24.3 Å². The molecule has 3 atom stereocenters. The van der Waals surface area contributed by atoms with Crippen LogP contribution in [0.3, 0.4) is 0 Å². The van der Waals surface area contributed by atoms with Crippen molar-refractivity contribution in [2.24, 2.45) is 11.8 Å². The van der Waals surface area contributed by atoms with Gasteiger partial charge in [0.25, 0.3) is 0 Å². The molecule has 0 spiro atoms. The molecule has 66 valence electrons. The molecule has 1 unspecified atom stereocenters. The summed E-state index contributed by atoms with van der Waals surface area (Å²) in [6, 6.07) is 0. The lowest BCUT2D eigenvalue weighted by atomic mass is 9.80. The summed E-state index contributed by atoms with van der Waals surface area (Å²) >= 11 is 0. The molecule has 2 rings (SSSR count). The number of aliphatic hydroxyl groups excluding tert-OH is 1. The Morgan fingerprint density at radius 2 is 1.82 bits per heavy atom. The van der Waals surface area contributed by atoms with Crippen LogP contribution in [0.15, 0.2) is 0 Å². The van der Waals surface area contributed by atoms with E-state index in [1.165, 1.54) is 13.0 Å². The van der Waals surface area contributed by atoms with Gasteiger partial charge in [0.05, 0.1) is 6.10 Å². The van der Waals surface area contributed by atoms with Crippen molar-refractivity contribution in [3.8, 4) is 0 Å². The van der Waals surface area contributed by atoms with Crippen molar-refractivity contribution in [1.29, 1.82) is 0 Å². The Morgan fingerprint density at radius 3 is 2.64 bits per heavy atom. The van der Waals surface area contributed by atoms with Gasteiger partial charge in [-0.2, -0.15) is 0 Å². The first kappa shape index (κ1) is 9.30. The second-order valence-electron chi connectivity index (χ2n) is 3.65. The molecule has 0 aromatic rings. The molecule has 1 aliphatic heterocycles. The molecule has 0 bridgehead atoms. The first-order valence-corrected chi connectivity index (χ1v) is 4.25. The van der Waals surface area contributed by atoms with Crippen molar-refractivity contribution in [2.45, 2.75) is 25.4 Å². The van der Waals surface area contributed by atoms with E-state index < -0.39 is 0 Å². The summed E-state index contributed by atoms with van der Waals surface area (Å²) in [6.07, 6.45) is 3.31. The van der Waals surface area contributed by atoms with Crippen LogP contribution >= 0.6 is 12.4 Å². The minimum absolute atomic E-state index is 0. The van der Waals surface area contributed by atoms with E-state index in [4.69, 9.17) is 0 Å². The molecular formula is C8H16ClNO. The van der Waals surface area contributed by atoms with Crippen LogP contribution in [0.1, 0.15) is 19.3 Å². The van der Waals surface area contributed by atoms with E-state index in [2.05, 4.69) is 5.32 Å². The smallest absolute Gasteiger partial charge is 0.0543 e. The standard InChI is InChI=1S/C8H15NO.ClH/c10-8-2-1-6-4-9-5-7(6)3-8;/h6-10H,1-5H2;1H/t6-,7+,8?;/m0./s1. The summed E-state index contributed by atoms with van der Waals surface area (Å²) in [7, 11) is 0.